The van der Waals surface area contributed by atoms with E-state index in [0.29, 0.717) is 0 Å². The topological polar surface area (TPSA) is 111 Å². The maximum absolute atomic E-state index is 13.6. The standard InChI is InChI=1S/C16H13F5N6O2S/c1-3-30(28,29)11-5-9(6-22)7-23-13(11)27-8(2)4-10-12(26-27)25-14(24-10)15(17,18)16(19,20)21/h4-5,7-8H,3H2,1-2H3,(H,24,25,26). The van der Waals surface area contributed by atoms with Gasteiger partial charge < -0.3 is 0 Å². The van der Waals surface area contributed by atoms with Gasteiger partial charge in [-0.3, -0.25) is 10.4 Å². The summed E-state index contributed by atoms with van der Waals surface area (Å²) in [6.45, 7) is 2.89. The molecule has 0 aliphatic carbocycles. The number of nitrogens with one attached hydrogen (secondary N) is 1. The third-order valence-corrected chi connectivity index (χ3v) is 5.99. The number of nitriles is 1. The first-order valence-corrected chi connectivity index (χ1v) is 10.0. The summed E-state index contributed by atoms with van der Waals surface area (Å²) >= 11 is 0. The first-order valence-electron chi connectivity index (χ1n) is 8.35. The Hall–Kier alpha value is -3.08. The van der Waals surface area contributed by atoms with E-state index < -0.39 is 39.6 Å². The van der Waals surface area contributed by atoms with Gasteiger partial charge in [-0.2, -0.15) is 27.2 Å². The van der Waals surface area contributed by atoms with Gasteiger partial charge >= 0.3 is 12.1 Å². The van der Waals surface area contributed by atoms with Gasteiger partial charge in [0.1, 0.15) is 16.7 Å². The van der Waals surface area contributed by atoms with Gasteiger partial charge in [-0.15, -0.1) is 0 Å². The Bertz CT molecular complexity index is 1130. The van der Waals surface area contributed by atoms with Gasteiger partial charge in [-0.1, -0.05) is 6.92 Å². The number of amidine groups is 2. The Morgan fingerprint density at radius 1 is 1.27 bits per heavy atom. The SMILES string of the molecule is CCS(=O)(=O)c1cc(C#N)cnc1N1NC2=NC(C(F)(F)C(F)(F)F)=NC2=CC1C. The van der Waals surface area contributed by atoms with E-state index in [1.54, 1.807) is 6.07 Å². The summed E-state index contributed by atoms with van der Waals surface area (Å²) in [7, 11) is -3.86. The molecule has 1 aromatic heterocycles. The fourth-order valence-corrected chi connectivity index (χ4v) is 3.70. The molecular formula is C16H13F5N6O2S. The Labute approximate surface area is 167 Å². The predicted molar refractivity (Wildman–Crippen MR) is 95.7 cm³/mol. The summed E-state index contributed by atoms with van der Waals surface area (Å²) < 4.78 is 90.0. The van der Waals surface area contributed by atoms with E-state index in [2.05, 4.69) is 20.4 Å². The number of sulfone groups is 1. The third-order valence-electron chi connectivity index (χ3n) is 4.26. The van der Waals surface area contributed by atoms with Gasteiger partial charge in [0, 0.05) is 6.20 Å². The number of nitrogens with zero attached hydrogens (tertiary/aromatic N) is 5. The van der Waals surface area contributed by atoms with Crippen LogP contribution in [0.3, 0.4) is 0 Å². The second-order valence-corrected chi connectivity index (χ2v) is 8.55. The van der Waals surface area contributed by atoms with Crippen molar-refractivity contribution in [3.63, 3.8) is 0 Å². The number of hydrogen-bond acceptors (Lipinski definition) is 8. The van der Waals surface area contributed by atoms with Crippen molar-refractivity contribution in [3.05, 3.63) is 29.6 Å². The highest BCUT2D eigenvalue weighted by molar-refractivity contribution is 7.91. The van der Waals surface area contributed by atoms with Crippen LogP contribution in [-0.2, 0) is 9.84 Å². The molecule has 0 spiro atoms. The van der Waals surface area contributed by atoms with Crippen LogP contribution in [0.25, 0.3) is 0 Å². The monoisotopic (exact) mass is 448 g/mol. The molecule has 1 unspecified atom stereocenters. The van der Waals surface area contributed by atoms with Crippen LogP contribution in [0.2, 0.25) is 0 Å². The summed E-state index contributed by atoms with van der Waals surface area (Å²) in [4.78, 5) is 10.2. The van der Waals surface area contributed by atoms with E-state index in [0.717, 1.165) is 17.3 Å². The third kappa shape index (κ3) is 3.49. The summed E-state index contributed by atoms with van der Waals surface area (Å²) in [6.07, 6.45) is -3.54. The Balaban J connectivity index is 2.05. The molecule has 3 heterocycles. The van der Waals surface area contributed by atoms with Crippen molar-refractivity contribution >= 4 is 27.3 Å². The average Bonchev–Trinajstić information content (AvgIpc) is 3.09. The Morgan fingerprint density at radius 2 is 1.93 bits per heavy atom. The smallest absolute Gasteiger partial charge is 0.278 e. The number of hydrogen-bond donors (Lipinski definition) is 1. The van der Waals surface area contributed by atoms with E-state index in [1.807, 2.05) is 0 Å². The van der Waals surface area contributed by atoms with Gasteiger partial charge in [0.15, 0.2) is 21.5 Å². The first-order chi connectivity index (χ1) is 13.8. The molecule has 8 nitrogen and oxygen atoms in total. The molecule has 2 aliphatic rings. The summed E-state index contributed by atoms with van der Waals surface area (Å²) in [5, 5.41) is 10.2. The average molecular weight is 448 g/mol. The summed E-state index contributed by atoms with van der Waals surface area (Å²) in [5.74, 6) is -7.90. The van der Waals surface area contributed by atoms with Crippen LogP contribution < -0.4 is 10.4 Å². The fourth-order valence-electron chi connectivity index (χ4n) is 2.65. The van der Waals surface area contributed by atoms with Gasteiger partial charge in [0.25, 0.3) is 0 Å². The zero-order valence-corrected chi connectivity index (χ0v) is 16.2. The number of pyridine rings is 1. The fraction of sp³-hybridized carbons (Fsp3) is 0.375. The minimum absolute atomic E-state index is 0.0275. The largest absolute Gasteiger partial charge is 0.461 e. The van der Waals surface area contributed by atoms with Crippen molar-refractivity contribution in [1.82, 2.24) is 10.4 Å². The maximum atomic E-state index is 13.6. The van der Waals surface area contributed by atoms with Gasteiger partial charge in [0.05, 0.1) is 17.4 Å². The molecule has 0 bridgehead atoms. The maximum Gasteiger partial charge on any atom is 0.461 e. The van der Waals surface area contributed by atoms with Crippen LogP contribution >= 0.6 is 0 Å². The molecule has 0 amide bonds. The quantitative estimate of drug-likeness (QED) is 0.708. The van der Waals surface area contributed by atoms with E-state index >= 15 is 0 Å². The number of anilines is 1. The van der Waals surface area contributed by atoms with Crippen molar-refractivity contribution in [2.45, 2.75) is 36.9 Å². The van der Waals surface area contributed by atoms with Gasteiger partial charge in [0.2, 0.25) is 5.84 Å². The molecule has 14 heteroatoms. The van der Waals surface area contributed by atoms with Crippen molar-refractivity contribution in [2.24, 2.45) is 9.98 Å². The van der Waals surface area contributed by atoms with Crippen molar-refractivity contribution in [1.29, 1.82) is 5.26 Å². The van der Waals surface area contributed by atoms with Crippen molar-refractivity contribution in [3.8, 4) is 6.07 Å². The number of rotatable bonds is 4. The lowest BCUT2D eigenvalue weighted by atomic mass is 10.2. The molecule has 160 valence electrons. The molecule has 3 rings (SSSR count). The minimum Gasteiger partial charge on any atom is -0.278 e. The van der Waals surface area contributed by atoms with Crippen LogP contribution in [0.4, 0.5) is 27.8 Å². The Kier molecular flexibility index (Phi) is 5.05. The highest BCUT2D eigenvalue weighted by Gasteiger charge is 2.62. The van der Waals surface area contributed by atoms with Crippen molar-refractivity contribution < 1.29 is 30.4 Å². The molecule has 1 atom stereocenters. The molecule has 0 aromatic carbocycles. The lowest BCUT2D eigenvalue weighted by molar-refractivity contribution is -0.249. The number of alkyl halides is 5. The molecule has 1 N–H and O–H groups in total. The van der Waals surface area contributed by atoms with E-state index in [4.69, 9.17) is 5.26 Å². The highest BCUT2D eigenvalue weighted by atomic mass is 32.2. The van der Waals surface area contributed by atoms with Crippen molar-refractivity contribution in [2.75, 3.05) is 10.8 Å². The molecule has 0 saturated heterocycles. The molecule has 2 aliphatic heterocycles. The van der Waals surface area contributed by atoms with Crippen LogP contribution in [0.5, 0.6) is 0 Å². The van der Waals surface area contributed by atoms with Crippen LogP contribution in [0.15, 0.2) is 38.9 Å². The summed E-state index contributed by atoms with van der Waals surface area (Å²) in [5.41, 5.74) is 2.23. The lowest BCUT2D eigenvalue weighted by Crippen LogP contribution is -2.51. The zero-order valence-electron chi connectivity index (χ0n) is 15.4. The van der Waals surface area contributed by atoms with E-state index in [1.165, 1.54) is 19.9 Å². The molecule has 1 aromatic rings. The number of hydrazine groups is 1. The number of aliphatic imine (C=N–C) groups is 2. The molecule has 0 saturated carbocycles. The molecule has 0 fully saturated rings. The number of aromatic nitrogens is 1. The number of fused-ring (bicyclic) bond motifs is 1. The van der Waals surface area contributed by atoms with Crippen LogP contribution in [-0.4, -0.2) is 49.0 Å². The summed E-state index contributed by atoms with van der Waals surface area (Å²) in [6, 6.07) is 2.11. The number of halogens is 5. The van der Waals surface area contributed by atoms with E-state index in [-0.39, 0.29) is 27.7 Å². The minimum atomic E-state index is -5.88. The van der Waals surface area contributed by atoms with Gasteiger partial charge in [-0.05, 0) is 19.1 Å². The molecule has 30 heavy (non-hydrogen) atoms. The molecule has 0 radical (unpaired) electrons. The zero-order chi connectivity index (χ0) is 22.5. The normalized spacial score (nSPS) is 19.3. The first kappa shape index (κ1) is 21.6. The highest BCUT2D eigenvalue weighted by Crippen LogP contribution is 2.39. The van der Waals surface area contributed by atoms with Crippen LogP contribution in [0, 0.1) is 11.3 Å². The predicted octanol–water partition coefficient (Wildman–Crippen LogP) is 2.35. The Morgan fingerprint density at radius 3 is 2.50 bits per heavy atom. The second kappa shape index (κ2) is 7.01. The second-order valence-electron chi connectivity index (χ2n) is 6.30. The molecular weight excluding hydrogens is 435 g/mol. The van der Waals surface area contributed by atoms with E-state index in [9.17, 15) is 30.4 Å². The lowest BCUT2D eigenvalue weighted by Gasteiger charge is -2.34. The van der Waals surface area contributed by atoms with Crippen LogP contribution in [0.1, 0.15) is 19.4 Å². The van der Waals surface area contributed by atoms with Gasteiger partial charge in [-0.25, -0.2) is 23.4 Å².